The monoisotopic (exact) mass is 191 g/mol. The third kappa shape index (κ3) is 2.36. The number of fused-ring (bicyclic) bond motifs is 1. The van der Waals surface area contributed by atoms with Crippen molar-refractivity contribution in [2.75, 3.05) is 7.05 Å². The normalized spacial score (nSPS) is 13.5. The fourth-order valence-electron chi connectivity index (χ4n) is 1.50. The second-order valence-electron chi connectivity index (χ2n) is 3.28. The minimum absolute atomic E-state index is 0.689. The number of hydrogen-bond acceptors (Lipinski definition) is 2. The van der Waals surface area contributed by atoms with Gasteiger partial charge in [0.05, 0.1) is 5.76 Å². The van der Waals surface area contributed by atoms with Crippen molar-refractivity contribution in [3.63, 3.8) is 0 Å². The average Bonchev–Trinajstić information content (AvgIpc) is 2.20. The summed E-state index contributed by atoms with van der Waals surface area (Å²) >= 11 is 0. The summed E-state index contributed by atoms with van der Waals surface area (Å²) in [4.78, 5) is 0. The minimum atomic E-state index is 0.689. The highest BCUT2D eigenvalue weighted by atomic mass is 16.5. The number of rotatable bonds is 0. The van der Waals surface area contributed by atoms with Crippen molar-refractivity contribution in [2.24, 2.45) is 5.73 Å². The Morgan fingerprint density at radius 1 is 1.29 bits per heavy atom. The summed E-state index contributed by atoms with van der Waals surface area (Å²) < 4.78 is 5.35. The van der Waals surface area contributed by atoms with Crippen molar-refractivity contribution in [1.29, 1.82) is 0 Å². The first-order valence-electron chi connectivity index (χ1n) is 4.72. The van der Waals surface area contributed by atoms with Crippen LogP contribution >= 0.6 is 0 Å². The van der Waals surface area contributed by atoms with Crippen LogP contribution in [-0.2, 0) is 17.8 Å². The molecule has 1 heterocycles. The van der Waals surface area contributed by atoms with Crippen LogP contribution < -0.4 is 5.73 Å². The number of aryl methyl sites for hydroxylation is 1. The summed E-state index contributed by atoms with van der Waals surface area (Å²) in [7, 11) is 1.50. The Kier molecular flexibility index (Phi) is 3.72. The second-order valence-corrected chi connectivity index (χ2v) is 3.28. The third-order valence-corrected chi connectivity index (χ3v) is 2.18. The molecule has 1 aliphatic heterocycles. The average molecular weight is 191 g/mol. The first-order valence-corrected chi connectivity index (χ1v) is 4.72. The summed E-state index contributed by atoms with van der Waals surface area (Å²) in [6, 6.07) is 6.47. The van der Waals surface area contributed by atoms with Gasteiger partial charge in [-0.15, -0.1) is 0 Å². The highest BCUT2D eigenvalue weighted by Crippen LogP contribution is 2.22. The van der Waals surface area contributed by atoms with Crippen LogP contribution in [0, 0.1) is 6.92 Å². The molecule has 0 aromatic heterocycles. The lowest BCUT2D eigenvalue weighted by molar-refractivity contribution is 0.182. The second kappa shape index (κ2) is 4.82. The van der Waals surface area contributed by atoms with Crippen molar-refractivity contribution in [3.05, 3.63) is 47.2 Å². The zero-order valence-corrected chi connectivity index (χ0v) is 8.84. The molecule has 0 aliphatic carbocycles. The maximum Gasteiger partial charge on any atom is 0.113 e. The standard InChI is InChI=1S/C11H12O.CH5N/c1-8-3-4-10-7-12-9(2)6-11(10)5-8;1-2/h3-5H,2,6-7H2,1H3;2H2,1H3. The molecule has 0 bridgehead atoms. The first-order chi connectivity index (χ1) is 6.75. The molecule has 1 aromatic rings. The Balaban J connectivity index is 0.000000461. The van der Waals surface area contributed by atoms with Crippen molar-refractivity contribution in [1.82, 2.24) is 0 Å². The first kappa shape index (κ1) is 10.8. The third-order valence-electron chi connectivity index (χ3n) is 2.18. The number of hydrogen-bond donors (Lipinski definition) is 1. The summed E-state index contributed by atoms with van der Waals surface area (Å²) in [5.74, 6) is 0.883. The van der Waals surface area contributed by atoms with Gasteiger partial charge in [0.1, 0.15) is 6.61 Å². The Bertz CT molecular complexity index is 331. The van der Waals surface area contributed by atoms with E-state index in [-0.39, 0.29) is 0 Å². The van der Waals surface area contributed by atoms with Gasteiger partial charge in [0.2, 0.25) is 0 Å². The van der Waals surface area contributed by atoms with Crippen LogP contribution in [0.3, 0.4) is 0 Å². The van der Waals surface area contributed by atoms with Gasteiger partial charge in [0.25, 0.3) is 0 Å². The smallest absolute Gasteiger partial charge is 0.113 e. The van der Waals surface area contributed by atoms with E-state index in [4.69, 9.17) is 4.74 Å². The molecular formula is C12H17NO. The van der Waals surface area contributed by atoms with Crippen LogP contribution in [0.5, 0.6) is 0 Å². The van der Waals surface area contributed by atoms with Gasteiger partial charge in [0.15, 0.2) is 0 Å². The molecule has 1 aromatic carbocycles. The predicted molar refractivity (Wildman–Crippen MR) is 58.9 cm³/mol. The van der Waals surface area contributed by atoms with Gasteiger partial charge in [0, 0.05) is 6.42 Å². The van der Waals surface area contributed by atoms with E-state index in [9.17, 15) is 0 Å². The Morgan fingerprint density at radius 2 is 2.00 bits per heavy atom. The van der Waals surface area contributed by atoms with Crippen molar-refractivity contribution < 1.29 is 4.74 Å². The van der Waals surface area contributed by atoms with Crippen LogP contribution in [0.2, 0.25) is 0 Å². The lowest BCUT2D eigenvalue weighted by atomic mass is 10.00. The molecule has 0 fully saturated rings. The quantitative estimate of drug-likeness (QED) is 0.682. The van der Waals surface area contributed by atoms with Gasteiger partial charge in [-0.1, -0.05) is 30.3 Å². The van der Waals surface area contributed by atoms with E-state index < -0.39 is 0 Å². The van der Waals surface area contributed by atoms with Gasteiger partial charge in [-0.25, -0.2) is 0 Å². The van der Waals surface area contributed by atoms with Crippen molar-refractivity contribution in [2.45, 2.75) is 20.0 Å². The molecule has 0 amide bonds. The molecule has 2 N–H and O–H groups in total. The molecule has 14 heavy (non-hydrogen) atoms. The maximum absolute atomic E-state index is 5.35. The molecule has 0 radical (unpaired) electrons. The molecule has 0 spiro atoms. The zero-order valence-electron chi connectivity index (χ0n) is 8.84. The SMILES string of the molecule is C=C1Cc2cc(C)ccc2CO1.CN. The summed E-state index contributed by atoms with van der Waals surface area (Å²) in [6.07, 6.45) is 0.872. The molecule has 76 valence electrons. The van der Waals surface area contributed by atoms with E-state index >= 15 is 0 Å². The molecule has 2 rings (SSSR count). The molecule has 2 heteroatoms. The van der Waals surface area contributed by atoms with Crippen molar-refractivity contribution in [3.8, 4) is 0 Å². The van der Waals surface area contributed by atoms with Crippen LogP contribution in [0.4, 0.5) is 0 Å². The van der Waals surface area contributed by atoms with Gasteiger partial charge in [-0.05, 0) is 25.1 Å². The van der Waals surface area contributed by atoms with E-state index in [1.807, 2.05) is 0 Å². The van der Waals surface area contributed by atoms with Crippen LogP contribution in [0.15, 0.2) is 30.5 Å². The number of benzene rings is 1. The number of ether oxygens (including phenoxy) is 1. The van der Waals surface area contributed by atoms with Crippen LogP contribution in [0.25, 0.3) is 0 Å². The molecule has 0 saturated heterocycles. The van der Waals surface area contributed by atoms with E-state index in [1.54, 1.807) is 0 Å². The topological polar surface area (TPSA) is 35.2 Å². The van der Waals surface area contributed by atoms with E-state index in [2.05, 4.69) is 37.4 Å². The van der Waals surface area contributed by atoms with Gasteiger partial charge in [-0.3, -0.25) is 0 Å². The lowest BCUT2D eigenvalue weighted by Crippen LogP contribution is -2.07. The zero-order chi connectivity index (χ0) is 10.6. The minimum Gasteiger partial charge on any atom is -0.494 e. The van der Waals surface area contributed by atoms with Crippen LogP contribution in [-0.4, -0.2) is 7.05 Å². The number of allylic oxidation sites excluding steroid dienone is 1. The van der Waals surface area contributed by atoms with E-state index in [0.29, 0.717) is 6.61 Å². The molecule has 1 aliphatic rings. The van der Waals surface area contributed by atoms with Crippen LogP contribution in [0.1, 0.15) is 16.7 Å². The van der Waals surface area contributed by atoms with Gasteiger partial charge >= 0.3 is 0 Å². The molecule has 0 unspecified atom stereocenters. The maximum atomic E-state index is 5.35. The van der Waals surface area contributed by atoms with E-state index in [0.717, 1.165) is 12.2 Å². The Labute approximate surface area is 85.4 Å². The van der Waals surface area contributed by atoms with Gasteiger partial charge in [-0.2, -0.15) is 0 Å². The highest BCUT2D eigenvalue weighted by molar-refractivity contribution is 5.34. The number of nitrogens with two attached hydrogens (primary N) is 1. The van der Waals surface area contributed by atoms with Crippen molar-refractivity contribution >= 4 is 0 Å². The molecule has 0 saturated carbocycles. The largest absolute Gasteiger partial charge is 0.494 e. The summed E-state index contributed by atoms with van der Waals surface area (Å²) in [5, 5.41) is 0. The molecule has 0 atom stereocenters. The highest BCUT2D eigenvalue weighted by Gasteiger charge is 2.11. The summed E-state index contributed by atoms with van der Waals surface area (Å²) in [5.41, 5.74) is 8.47. The molecular weight excluding hydrogens is 174 g/mol. The van der Waals surface area contributed by atoms with E-state index in [1.165, 1.54) is 23.7 Å². The fourth-order valence-corrected chi connectivity index (χ4v) is 1.50. The summed E-state index contributed by atoms with van der Waals surface area (Å²) in [6.45, 7) is 6.62. The Morgan fingerprint density at radius 3 is 2.71 bits per heavy atom. The molecule has 2 nitrogen and oxygen atoms in total. The Hall–Kier alpha value is -1.28. The van der Waals surface area contributed by atoms with Gasteiger partial charge < -0.3 is 10.5 Å². The lowest BCUT2D eigenvalue weighted by Gasteiger charge is -2.19. The predicted octanol–water partition coefficient (Wildman–Crippen LogP) is 2.16. The fraction of sp³-hybridized carbons (Fsp3) is 0.333.